The van der Waals surface area contributed by atoms with E-state index in [4.69, 9.17) is 12.2 Å². The number of halogens is 1. The summed E-state index contributed by atoms with van der Waals surface area (Å²) in [5.41, 5.74) is 1.80. The maximum atomic E-state index is 13.2. The van der Waals surface area contributed by atoms with E-state index >= 15 is 0 Å². The van der Waals surface area contributed by atoms with Gasteiger partial charge in [0.2, 0.25) is 0 Å². The highest BCUT2D eigenvalue weighted by Gasteiger charge is 2.20. The van der Waals surface area contributed by atoms with Crippen LogP contribution < -0.4 is 0 Å². The summed E-state index contributed by atoms with van der Waals surface area (Å²) in [6.45, 7) is 0.888. The number of H-pyrrole nitrogens is 1. The Hall–Kier alpha value is -1.16. The summed E-state index contributed by atoms with van der Waals surface area (Å²) in [6.07, 6.45) is 5.16. The maximum Gasteiger partial charge on any atom is 0.178 e. The third-order valence-corrected chi connectivity index (χ3v) is 3.75. The third kappa shape index (κ3) is 2.27. The van der Waals surface area contributed by atoms with Gasteiger partial charge in [0.05, 0.1) is 11.0 Å². The Bertz CT molecular complexity index is 595. The second-order valence-electron chi connectivity index (χ2n) is 4.83. The van der Waals surface area contributed by atoms with Crippen molar-refractivity contribution in [2.75, 3.05) is 0 Å². The Kier molecular flexibility index (Phi) is 2.74. The molecule has 3 rings (SSSR count). The van der Waals surface area contributed by atoms with Crippen LogP contribution in [0.5, 0.6) is 0 Å². The zero-order valence-electron chi connectivity index (χ0n) is 9.58. The van der Waals surface area contributed by atoms with Gasteiger partial charge in [-0.25, -0.2) is 4.39 Å². The molecule has 2 nitrogen and oxygen atoms in total. The molecule has 1 fully saturated rings. The Balaban J connectivity index is 1.87. The van der Waals surface area contributed by atoms with Gasteiger partial charge >= 0.3 is 0 Å². The number of hydrogen-bond acceptors (Lipinski definition) is 1. The molecule has 2 aromatic rings. The van der Waals surface area contributed by atoms with Crippen LogP contribution in [0.1, 0.15) is 25.7 Å². The lowest BCUT2D eigenvalue weighted by atomic mass is 10.2. The number of hydrogen-bond donors (Lipinski definition) is 1. The smallest absolute Gasteiger partial charge is 0.178 e. The van der Waals surface area contributed by atoms with Gasteiger partial charge in [-0.15, -0.1) is 0 Å². The molecule has 1 aliphatic carbocycles. The molecule has 1 heterocycles. The molecule has 0 atom stereocenters. The molecule has 0 radical (unpaired) electrons. The molecular formula is C13H15FN2S. The zero-order chi connectivity index (χ0) is 11.8. The van der Waals surface area contributed by atoms with Gasteiger partial charge in [0.1, 0.15) is 5.82 Å². The predicted octanol–water partition coefficient (Wildman–Crippen LogP) is 4.03. The number of nitrogens with zero attached hydrogens (tertiary/aromatic N) is 1. The van der Waals surface area contributed by atoms with Crippen molar-refractivity contribution in [1.29, 1.82) is 0 Å². The van der Waals surface area contributed by atoms with E-state index in [0.29, 0.717) is 4.77 Å². The average Bonchev–Trinajstić information content (AvgIpc) is 3.06. The van der Waals surface area contributed by atoms with Crippen LogP contribution in [0.2, 0.25) is 0 Å². The number of benzene rings is 1. The summed E-state index contributed by atoms with van der Waals surface area (Å²) in [7, 11) is 0. The van der Waals surface area contributed by atoms with Crippen LogP contribution in [0, 0.1) is 16.5 Å². The monoisotopic (exact) mass is 250 g/mol. The van der Waals surface area contributed by atoms with Crippen molar-refractivity contribution in [3.8, 4) is 0 Å². The summed E-state index contributed by atoms with van der Waals surface area (Å²) in [6, 6.07) is 4.76. The van der Waals surface area contributed by atoms with Gasteiger partial charge in [-0.05, 0) is 49.2 Å². The molecule has 0 aliphatic heterocycles. The summed E-state index contributed by atoms with van der Waals surface area (Å²) < 4.78 is 15.9. The van der Waals surface area contributed by atoms with Crippen molar-refractivity contribution in [2.24, 2.45) is 5.92 Å². The van der Waals surface area contributed by atoms with Crippen LogP contribution in [0.4, 0.5) is 4.39 Å². The fourth-order valence-electron chi connectivity index (χ4n) is 2.29. The highest BCUT2D eigenvalue weighted by Crippen LogP contribution is 2.33. The van der Waals surface area contributed by atoms with Crippen molar-refractivity contribution in [3.05, 3.63) is 28.8 Å². The standard InChI is InChI=1S/C13H15FN2S/c14-10-5-6-11-12(8-10)16(13(17)15-11)7-1-2-9-3-4-9/h5-6,8-9H,1-4,7H2,(H,15,17). The molecule has 1 N–H and O–H groups in total. The number of imidazole rings is 1. The molecule has 17 heavy (non-hydrogen) atoms. The van der Waals surface area contributed by atoms with Gasteiger partial charge in [-0.2, -0.15) is 0 Å². The summed E-state index contributed by atoms with van der Waals surface area (Å²) in [5.74, 6) is 0.730. The van der Waals surface area contributed by atoms with E-state index in [2.05, 4.69) is 4.98 Å². The first kappa shape index (κ1) is 11.0. The highest BCUT2D eigenvalue weighted by atomic mass is 32.1. The summed E-state index contributed by atoms with van der Waals surface area (Å²) in [4.78, 5) is 3.12. The van der Waals surface area contributed by atoms with Crippen LogP contribution in [-0.2, 0) is 6.54 Å². The summed E-state index contributed by atoms with van der Waals surface area (Å²) in [5, 5.41) is 0. The van der Waals surface area contributed by atoms with Crippen molar-refractivity contribution in [3.63, 3.8) is 0 Å². The van der Waals surface area contributed by atoms with Gasteiger partial charge in [-0.1, -0.05) is 12.8 Å². The minimum Gasteiger partial charge on any atom is -0.331 e. The Morgan fingerprint density at radius 1 is 1.41 bits per heavy atom. The van der Waals surface area contributed by atoms with Crippen LogP contribution in [0.3, 0.4) is 0 Å². The van der Waals surface area contributed by atoms with Gasteiger partial charge in [0.15, 0.2) is 4.77 Å². The Labute approximate surface area is 104 Å². The van der Waals surface area contributed by atoms with Gasteiger partial charge in [0.25, 0.3) is 0 Å². The number of aryl methyl sites for hydroxylation is 1. The fourth-order valence-corrected chi connectivity index (χ4v) is 2.59. The van der Waals surface area contributed by atoms with Crippen molar-refractivity contribution in [2.45, 2.75) is 32.2 Å². The first-order chi connectivity index (χ1) is 8.24. The number of aromatic nitrogens is 2. The van der Waals surface area contributed by atoms with E-state index in [9.17, 15) is 4.39 Å². The molecule has 0 saturated heterocycles. The largest absolute Gasteiger partial charge is 0.331 e. The number of rotatable bonds is 4. The van der Waals surface area contributed by atoms with E-state index in [-0.39, 0.29) is 5.82 Å². The Morgan fingerprint density at radius 2 is 2.24 bits per heavy atom. The maximum absolute atomic E-state index is 13.2. The minimum atomic E-state index is -0.206. The second kappa shape index (κ2) is 4.26. The normalized spacial score (nSPS) is 15.6. The van der Waals surface area contributed by atoms with Crippen LogP contribution in [0.25, 0.3) is 11.0 Å². The van der Waals surface area contributed by atoms with Gasteiger partial charge < -0.3 is 9.55 Å². The lowest BCUT2D eigenvalue weighted by Gasteiger charge is -2.03. The second-order valence-corrected chi connectivity index (χ2v) is 5.22. The molecule has 0 amide bonds. The molecule has 1 aliphatic rings. The lowest BCUT2D eigenvalue weighted by molar-refractivity contribution is 0.580. The molecular weight excluding hydrogens is 235 g/mol. The average molecular weight is 250 g/mol. The van der Waals surface area contributed by atoms with E-state index in [1.807, 2.05) is 4.57 Å². The van der Waals surface area contributed by atoms with E-state index in [0.717, 1.165) is 29.9 Å². The Morgan fingerprint density at radius 3 is 3.00 bits per heavy atom. The molecule has 1 saturated carbocycles. The van der Waals surface area contributed by atoms with E-state index in [1.165, 1.54) is 25.3 Å². The molecule has 0 bridgehead atoms. The molecule has 1 aromatic heterocycles. The number of aromatic amines is 1. The van der Waals surface area contributed by atoms with Crippen molar-refractivity contribution >= 4 is 23.3 Å². The molecule has 90 valence electrons. The van der Waals surface area contributed by atoms with E-state index in [1.54, 1.807) is 12.1 Å². The zero-order valence-corrected chi connectivity index (χ0v) is 10.4. The molecule has 0 unspecified atom stereocenters. The molecule has 0 spiro atoms. The molecule has 1 aromatic carbocycles. The minimum absolute atomic E-state index is 0.206. The van der Waals surface area contributed by atoms with Crippen molar-refractivity contribution < 1.29 is 4.39 Å². The third-order valence-electron chi connectivity index (χ3n) is 3.43. The van der Waals surface area contributed by atoms with Gasteiger partial charge in [0, 0.05) is 6.54 Å². The SMILES string of the molecule is Fc1ccc2[nH]c(=S)n(CCCC3CC3)c2c1. The first-order valence-electron chi connectivity index (χ1n) is 6.12. The highest BCUT2D eigenvalue weighted by molar-refractivity contribution is 7.71. The number of nitrogens with one attached hydrogen (secondary N) is 1. The quantitative estimate of drug-likeness (QED) is 0.812. The van der Waals surface area contributed by atoms with Gasteiger partial charge in [-0.3, -0.25) is 0 Å². The molecule has 4 heteroatoms. The van der Waals surface area contributed by atoms with Crippen LogP contribution >= 0.6 is 12.2 Å². The summed E-state index contributed by atoms with van der Waals surface area (Å²) >= 11 is 5.28. The van der Waals surface area contributed by atoms with E-state index < -0.39 is 0 Å². The topological polar surface area (TPSA) is 20.7 Å². The van der Waals surface area contributed by atoms with Crippen molar-refractivity contribution in [1.82, 2.24) is 9.55 Å². The lowest BCUT2D eigenvalue weighted by Crippen LogP contribution is -1.98. The predicted molar refractivity (Wildman–Crippen MR) is 69.0 cm³/mol. The number of fused-ring (bicyclic) bond motifs is 1. The van der Waals surface area contributed by atoms with Crippen LogP contribution in [-0.4, -0.2) is 9.55 Å². The fraction of sp³-hybridized carbons (Fsp3) is 0.462. The van der Waals surface area contributed by atoms with Crippen LogP contribution in [0.15, 0.2) is 18.2 Å². The first-order valence-corrected chi connectivity index (χ1v) is 6.53.